The lowest BCUT2D eigenvalue weighted by Gasteiger charge is -2.39. The third-order valence-corrected chi connectivity index (χ3v) is 11.0. The number of methoxy groups -OCH3 is 1. The van der Waals surface area contributed by atoms with E-state index >= 15 is 4.39 Å². The maximum Gasteiger partial charge on any atom is 0.188 e. The smallest absolute Gasteiger partial charge is 0.188 e. The minimum Gasteiger partial charge on any atom is -0.494 e. The Morgan fingerprint density at radius 3 is 1.85 bits per heavy atom. The third-order valence-electron chi connectivity index (χ3n) is 9.88. The number of sulfone groups is 1. The number of hydrogen-bond donors (Lipinski definition) is 0. The molecule has 0 unspecified atom stereocenters. The van der Waals surface area contributed by atoms with Gasteiger partial charge in [0.25, 0.3) is 0 Å². The van der Waals surface area contributed by atoms with Gasteiger partial charge < -0.3 is 14.2 Å². The molecule has 0 fully saturated rings. The van der Waals surface area contributed by atoms with E-state index in [0.717, 1.165) is 22.3 Å². The highest BCUT2D eigenvalue weighted by atomic mass is 32.2. The van der Waals surface area contributed by atoms with Gasteiger partial charge in [0.2, 0.25) is 0 Å². The van der Waals surface area contributed by atoms with E-state index in [9.17, 15) is 13.7 Å². The van der Waals surface area contributed by atoms with Gasteiger partial charge in [-0.15, -0.1) is 0 Å². The molecule has 6 aromatic carbocycles. The molecule has 0 spiro atoms. The van der Waals surface area contributed by atoms with Crippen LogP contribution in [0.15, 0.2) is 163 Å². The molecule has 0 aliphatic heterocycles. The fourth-order valence-corrected chi connectivity index (χ4v) is 8.17. The summed E-state index contributed by atoms with van der Waals surface area (Å²) in [6, 6.07) is 49.8. The van der Waals surface area contributed by atoms with Crippen molar-refractivity contribution >= 4 is 21.2 Å². The molecule has 7 aromatic rings. The molecule has 9 heteroatoms. The summed E-state index contributed by atoms with van der Waals surface area (Å²) in [5, 5.41) is 9.65. The molecule has 0 saturated heterocycles. The zero-order chi connectivity index (χ0) is 38.6. The van der Waals surface area contributed by atoms with Gasteiger partial charge in [-0.3, -0.25) is 0 Å². The summed E-state index contributed by atoms with van der Waals surface area (Å²) < 4.78 is 50.7. The molecule has 7 nitrogen and oxygen atoms in total. The number of ether oxygens (including phenoxy) is 1. The Labute approximate surface area is 321 Å². The molecule has 55 heavy (non-hydrogen) atoms. The molecule has 1 aromatic heterocycles. The largest absolute Gasteiger partial charge is 0.494 e. The van der Waals surface area contributed by atoms with E-state index in [-0.39, 0.29) is 22.9 Å². The first-order valence-electron chi connectivity index (χ1n) is 17.9. The highest BCUT2D eigenvalue weighted by molar-refractivity contribution is 7.90. The second kappa shape index (κ2) is 15.5. The van der Waals surface area contributed by atoms with Crippen LogP contribution in [-0.4, -0.2) is 31.3 Å². The van der Waals surface area contributed by atoms with Gasteiger partial charge in [0.05, 0.1) is 41.6 Å². The molecule has 0 bridgehead atoms. The highest BCUT2D eigenvalue weighted by Gasteiger charge is 2.41. The number of nitrogens with zero attached hydrogens (tertiary/aromatic N) is 4. The average molecular weight is 747 g/mol. The monoisotopic (exact) mass is 746 g/mol. The van der Waals surface area contributed by atoms with Crippen molar-refractivity contribution in [2.45, 2.75) is 30.3 Å². The van der Waals surface area contributed by atoms with E-state index < -0.39 is 21.2 Å². The van der Waals surface area contributed by atoms with Crippen LogP contribution < -0.4 is 9.64 Å². The second-order valence-corrected chi connectivity index (χ2v) is 15.2. The maximum absolute atomic E-state index is 16.6. The standard InChI is InChI=1S/C46H39FN4O3S/c1-4-33-28-41(45(47)42(29-33)54-2)50(38-26-24-34(30-48)25-27-38)32-44-49-40(39-22-14-15-23-43(39)55(3,52)53)31-51(44)46(35-16-8-5-9-17-35,36-18-10-6-11-19-36)37-20-12-7-13-21-37/h5-29,31H,4,32H2,1-3H3. The van der Waals surface area contributed by atoms with Crippen molar-refractivity contribution < 1.29 is 17.5 Å². The number of benzene rings is 6. The first kappa shape index (κ1) is 36.8. The molecule has 0 atom stereocenters. The summed E-state index contributed by atoms with van der Waals surface area (Å²) >= 11 is 0. The highest BCUT2D eigenvalue weighted by Crippen LogP contribution is 2.44. The minimum absolute atomic E-state index is 0.0361. The van der Waals surface area contributed by atoms with E-state index in [1.54, 1.807) is 54.6 Å². The van der Waals surface area contributed by atoms with Crippen molar-refractivity contribution in [3.63, 3.8) is 0 Å². The van der Waals surface area contributed by atoms with Gasteiger partial charge in [-0.2, -0.15) is 5.26 Å². The van der Waals surface area contributed by atoms with Crippen LogP contribution in [0.3, 0.4) is 0 Å². The number of anilines is 2. The summed E-state index contributed by atoms with van der Waals surface area (Å²) in [6.45, 7) is 2.03. The average Bonchev–Trinajstić information content (AvgIpc) is 3.65. The van der Waals surface area contributed by atoms with Gasteiger partial charge in [0, 0.05) is 23.7 Å². The van der Waals surface area contributed by atoms with Crippen LogP contribution in [0.2, 0.25) is 0 Å². The third kappa shape index (κ3) is 7.00. The van der Waals surface area contributed by atoms with Crippen molar-refractivity contribution in [3.8, 4) is 23.1 Å². The van der Waals surface area contributed by atoms with Gasteiger partial charge >= 0.3 is 0 Å². The number of aryl methyl sites for hydroxylation is 1. The topological polar surface area (TPSA) is 88.2 Å². The summed E-state index contributed by atoms with van der Waals surface area (Å²) in [4.78, 5) is 7.26. The molecule has 0 N–H and O–H groups in total. The van der Waals surface area contributed by atoms with Crippen LogP contribution in [0.5, 0.6) is 5.75 Å². The maximum atomic E-state index is 16.6. The zero-order valence-electron chi connectivity index (χ0n) is 30.7. The van der Waals surface area contributed by atoms with Crippen LogP contribution in [-0.2, 0) is 28.3 Å². The van der Waals surface area contributed by atoms with E-state index in [1.807, 2.05) is 78.7 Å². The minimum atomic E-state index is -3.66. The van der Waals surface area contributed by atoms with E-state index in [4.69, 9.17) is 9.72 Å². The Kier molecular flexibility index (Phi) is 10.4. The van der Waals surface area contributed by atoms with E-state index in [0.29, 0.717) is 34.8 Å². The number of imidazole rings is 1. The van der Waals surface area contributed by atoms with Gasteiger partial charge in [-0.25, -0.2) is 17.8 Å². The lowest BCUT2D eigenvalue weighted by molar-refractivity contribution is 0.386. The van der Waals surface area contributed by atoms with Crippen molar-refractivity contribution in [2.75, 3.05) is 18.3 Å². The molecular formula is C46H39FN4O3S. The SMILES string of the molecule is CCc1cc(OC)c(F)c(N(Cc2nc(-c3ccccc3S(C)(=O)=O)cn2C(c2ccccc2)(c2ccccc2)c2ccccc2)c2ccc(C#N)cc2)c1. The Morgan fingerprint density at radius 1 is 0.800 bits per heavy atom. The van der Waals surface area contributed by atoms with Crippen molar-refractivity contribution in [2.24, 2.45) is 0 Å². The quantitative estimate of drug-likeness (QED) is 0.116. The molecule has 1 heterocycles. The summed E-state index contributed by atoms with van der Waals surface area (Å²) in [5.74, 6) is 0.0658. The molecule has 0 aliphatic carbocycles. The number of halogens is 1. The predicted octanol–water partition coefficient (Wildman–Crippen LogP) is 9.71. The van der Waals surface area contributed by atoms with Crippen LogP contribution >= 0.6 is 0 Å². The van der Waals surface area contributed by atoms with Crippen LogP contribution in [0.4, 0.5) is 15.8 Å². The number of aromatic nitrogens is 2. The molecule has 0 amide bonds. The summed E-state index contributed by atoms with van der Waals surface area (Å²) in [6.07, 6.45) is 3.73. The van der Waals surface area contributed by atoms with Gasteiger partial charge in [0.15, 0.2) is 21.4 Å². The van der Waals surface area contributed by atoms with Gasteiger partial charge in [0.1, 0.15) is 11.4 Å². The van der Waals surface area contributed by atoms with Crippen LogP contribution in [0.25, 0.3) is 11.3 Å². The fraction of sp³-hybridized carbons (Fsp3) is 0.130. The lowest BCUT2D eigenvalue weighted by atomic mass is 9.76. The molecule has 0 radical (unpaired) electrons. The number of hydrogen-bond acceptors (Lipinski definition) is 6. The Balaban J connectivity index is 1.60. The van der Waals surface area contributed by atoms with Crippen molar-refractivity contribution in [1.82, 2.24) is 9.55 Å². The number of nitriles is 1. The van der Waals surface area contributed by atoms with Crippen molar-refractivity contribution in [3.05, 3.63) is 197 Å². The first-order valence-corrected chi connectivity index (χ1v) is 19.8. The molecule has 0 aliphatic rings. The van der Waals surface area contributed by atoms with Crippen LogP contribution in [0.1, 0.15) is 40.6 Å². The van der Waals surface area contributed by atoms with Gasteiger partial charge in [-0.1, -0.05) is 116 Å². The Morgan fingerprint density at radius 2 is 1.35 bits per heavy atom. The number of rotatable bonds is 12. The summed E-state index contributed by atoms with van der Waals surface area (Å²) in [7, 11) is -2.22. The van der Waals surface area contributed by atoms with Gasteiger partial charge in [-0.05, 0) is 71.1 Å². The lowest BCUT2D eigenvalue weighted by Crippen LogP contribution is -2.39. The Bertz CT molecular complexity index is 2490. The van der Waals surface area contributed by atoms with E-state index in [1.165, 1.54) is 13.4 Å². The predicted molar refractivity (Wildman–Crippen MR) is 215 cm³/mol. The first-order chi connectivity index (χ1) is 26.7. The summed E-state index contributed by atoms with van der Waals surface area (Å²) in [5.41, 5.74) is 4.83. The second-order valence-electron chi connectivity index (χ2n) is 13.2. The molecule has 7 rings (SSSR count). The molecule has 0 saturated carbocycles. The normalized spacial score (nSPS) is 11.5. The molecule has 274 valence electrons. The van der Waals surface area contributed by atoms with Crippen LogP contribution in [0, 0.1) is 17.1 Å². The fourth-order valence-electron chi connectivity index (χ4n) is 7.27. The zero-order valence-corrected chi connectivity index (χ0v) is 31.5. The Hall–Kier alpha value is -6.50. The van der Waals surface area contributed by atoms with E-state index in [2.05, 4.69) is 47.0 Å². The van der Waals surface area contributed by atoms with Crippen molar-refractivity contribution in [1.29, 1.82) is 5.26 Å². The molecular weight excluding hydrogens is 708 g/mol.